The van der Waals surface area contributed by atoms with Crippen LogP contribution in [0, 0.1) is 0 Å². The lowest BCUT2D eigenvalue weighted by atomic mass is 10.0. The highest BCUT2D eigenvalue weighted by atomic mass is 35.5. The number of hydrazone groups is 1. The fourth-order valence-corrected chi connectivity index (χ4v) is 2.04. The molecule has 0 aromatic heterocycles. The monoisotopic (exact) mass is 307 g/mol. The second-order valence-corrected chi connectivity index (χ2v) is 5.22. The maximum absolute atomic E-state index is 12.0. The Morgan fingerprint density at radius 3 is 2.76 bits per heavy atom. The summed E-state index contributed by atoms with van der Waals surface area (Å²) >= 11 is 5.99. The van der Waals surface area contributed by atoms with E-state index in [4.69, 9.17) is 11.6 Å². The van der Waals surface area contributed by atoms with Crippen LogP contribution in [0.1, 0.15) is 45.7 Å². The number of anilines is 1. The Morgan fingerprint density at radius 1 is 1.57 bits per heavy atom. The van der Waals surface area contributed by atoms with Crippen molar-refractivity contribution in [1.29, 1.82) is 0 Å². The summed E-state index contributed by atoms with van der Waals surface area (Å²) in [7, 11) is 0. The van der Waals surface area contributed by atoms with E-state index in [-0.39, 0.29) is 12.1 Å². The van der Waals surface area contributed by atoms with E-state index in [2.05, 4.69) is 17.0 Å². The van der Waals surface area contributed by atoms with Crippen molar-refractivity contribution in [1.82, 2.24) is 5.01 Å². The normalized spacial score (nSPS) is 17.4. The van der Waals surface area contributed by atoms with E-state index in [1.54, 1.807) is 12.1 Å². The maximum Gasteiger partial charge on any atom is 0.342 e. The molecule has 0 spiro atoms. The first kappa shape index (κ1) is 17.2. The number of urea groups is 1. The highest BCUT2D eigenvalue weighted by molar-refractivity contribution is 6.30. The number of carbonyl (C=O) groups excluding carboxylic acids is 1. The first-order valence-electron chi connectivity index (χ1n) is 6.95. The molecule has 4 nitrogen and oxygen atoms in total. The summed E-state index contributed by atoms with van der Waals surface area (Å²) in [5, 5.41) is 9.29. The lowest BCUT2D eigenvalue weighted by Gasteiger charge is -2.32. The Bertz CT molecular complexity index is 554. The lowest BCUT2D eigenvalue weighted by molar-refractivity contribution is 0.192. The SMILES string of the molecule is C=CC.CC/C(C)=N/N1C(=O)Nc2ccc(Cl)cc2C1C. The van der Waals surface area contributed by atoms with Crippen molar-refractivity contribution in [2.45, 2.75) is 40.2 Å². The fraction of sp³-hybridized carbons (Fsp3) is 0.375. The van der Waals surface area contributed by atoms with E-state index in [0.717, 1.165) is 23.4 Å². The van der Waals surface area contributed by atoms with Crippen LogP contribution in [-0.4, -0.2) is 16.8 Å². The van der Waals surface area contributed by atoms with E-state index in [1.807, 2.05) is 39.8 Å². The van der Waals surface area contributed by atoms with Crippen LogP contribution in [0.3, 0.4) is 0 Å². The van der Waals surface area contributed by atoms with Gasteiger partial charge in [0.15, 0.2) is 0 Å². The predicted octanol–water partition coefficient (Wildman–Crippen LogP) is 5.23. The number of benzene rings is 1. The largest absolute Gasteiger partial charge is 0.342 e. The van der Waals surface area contributed by atoms with Crippen molar-refractivity contribution < 1.29 is 4.79 Å². The molecule has 0 saturated carbocycles. The van der Waals surface area contributed by atoms with Gasteiger partial charge in [0.2, 0.25) is 0 Å². The average Bonchev–Trinajstić information content (AvgIpc) is 2.45. The molecule has 5 heteroatoms. The van der Waals surface area contributed by atoms with Gasteiger partial charge in [-0.3, -0.25) is 0 Å². The second-order valence-electron chi connectivity index (χ2n) is 4.78. The number of nitrogens with one attached hydrogen (secondary N) is 1. The molecule has 0 radical (unpaired) electrons. The van der Waals surface area contributed by atoms with Gasteiger partial charge in [0.25, 0.3) is 0 Å². The summed E-state index contributed by atoms with van der Waals surface area (Å²) in [4.78, 5) is 12.0. The van der Waals surface area contributed by atoms with Gasteiger partial charge in [-0.05, 0) is 45.4 Å². The number of nitrogens with zero attached hydrogens (tertiary/aromatic N) is 2. The van der Waals surface area contributed by atoms with Gasteiger partial charge in [-0.25, -0.2) is 9.80 Å². The molecule has 114 valence electrons. The number of hydrogen-bond acceptors (Lipinski definition) is 2. The fourth-order valence-electron chi connectivity index (χ4n) is 1.86. The number of halogens is 1. The van der Waals surface area contributed by atoms with Crippen LogP contribution in [0.4, 0.5) is 10.5 Å². The summed E-state index contributed by atoms with van der Waals surface area (Å²) in [6.07, 6.45) is 2.57. The van der Waals surface area contributed by atoms with Gasteiger partial charge < -0.3 is 5.32 Å². The van der Waals surface area contributed by atoms with Gasteiger partial charge in [0.1, 0.15) is 0 Å². The van der Waals surface area contributed by atoms with Crippen LogP contribution in [0.5, 0.6) is 0 Å². The Balaban J connectivity index is 0.000000677. The summed E-state index contributed by atoms with van der Waals surface area (Å²) < 4.78 is 0. The van der Waals surface area contributed by atoms with Gasteiger partial charge in [0, 0.05) is 22.0 Å². The molecule has 1 aliphatic rings. The summed E-state index contributed by atoms with van der Waals surface area (Å²) in [5.41, 5.74) is 2.70. The molecule has 1 unspecified atom stereocenters. The zero-order valence-corrected chi connectivity index (χ0v) is 13.7. The zero-order valence-electron chi connectivity index (χ0n) is 13.0. The third-order valence-electron chi connectivity index (χ3n) is 3.07. The smallest absolute Gasteiger partial charge is 0.306 e. The van der Waals surface area contributed by atoms with Gasteiger partial charge in [0.05, 0.1) is 6.04 Å². The lowest BCUT2D eigenvalue weighted by Crippen LogP contribution is -2.38. The van der Waals surface area contributed by atoms with Crippen molar-refractivity contribution in [3.05, 3.63) is 41.4 Å². The number of allylic oxidation sites excluding steroid dienone is 1. The minimum atomic E-state index is -0.204. The summed E-state index contributed by atoms with van der Waals surface area (Å²) in [6.45, 7) is 11.1. The number of rotatable bonds is 2. The van der Waals surface area contributed by atoms with Crippen LogP contribution in [0.25, 0.3) is 0 Å². The van der Waals surface area contributed by atoms with Crippen LogP contribution >= 0.6 is 11.6 Å². The number of fused-ring (bicyclic) bond motifs is 1. The van der Waals surface area contributed by atoms with Crippen molar-refractivity contribution in [3.63, 3.8) is 0 Å². The van der Waals surface area contributed by atoms with E-state index in [0.29, 0.717) is 5.02 Å². The summed E-state index contributed by atoms with van der Waals surface area (Å²) in [6, 6.07) is 5.13. The standard InChI is InChI=1S/C13H16ClN3O.C3H6/c1-4-8(2)16-17-9(3)11-7-10(14)5-6-12(11)15-13(17)18;1-3-2/h5-7,9H,4H2,1-3H3,(H,15,18);3H,1H2,2H3/b16-8+;. The minimum absolute atomic E-state index is 0.117. The first-order chi connectivity index (χ1) is 9.94. The molecule has 1 heterocycles. The maximum atomic E-state index is 12.0. The molecule has 1 aliphatic heterocycles. The third kappa shape index (κ3) is 4.33. The number of carbonyl (C=O) groups is 1. The van der Waals surface area contributed by atoms with Crippen molar-refractivity contribution >= 4 is 29.0 Å². The van der Waals surface area contributed by atoms with Crippen molar-refractivity contribution in [3.8, 4) is 0 Å². The molecule has 2 amide bonds. The minimum Gasteiger partial charge on any atom is -0.306 e. The number of amides is 2. The third-order valence-corrected chi connectivity index (χ3v) is 3.31. The molecule has 21 heavy (non-hydrogen) atoms. The molecular formula is C16H22ClN3O. The van der Waals surface area contributed by atoms with Gasteiger partial charge in [-0.15, -0.1) is 6.58 Å². The quantitative estimate of drug-likeness (QED) is 0.590. The molecule has 1 N–H and O–H groups in total. The molecule has 0 aliphatic carbocycles. The van der Waals surface area contributed by atoms with Crippen molar-refractivity contribution in [2.75, 3.05) is 5.32 Å². The predicted molar refractivity (Wildman–Crippen MR) is 90.0 cm³/mol. The van der Waals surface area contributed by atoms with E-state index in [1.165, 1.54) is 5.01 Å². The van der Waals surface area contributed by atoms with Crippen LogP contribution in [0.15, 0.2) is 36.0 Å². The van der Waals surface area contributed by atoms with Crippen LogP contribution in [0.2, 0.25) is 5.02 Å². The second kappa shape index (κ2) is 7.84. The van der Waals surface area contributed by atoms with Crippen molar-refractivity contribution in [2.24, 2.45) is 5.10 Å². The Kier molecular flexibility index (Phi) is 6.43. The molecule has 1 aromatic carbocycles. The molecule has 0 fully saturated rings. The highest BCUT2D eigenvalue weighted by Crippen LogP contribution is 2.34. The molecular weight excluding hydrogens is 286 g/mol. The van der Waals surface area contributed by atoms with Gasteiger partial charge >= 0.3 is 6.03 Å². The Labute approximate surface area is 131 Å². The zero-order chi connectivity index (χ0) is 16.0. The molecule has 0 saturated heterocycles. The number of hydrogen-bond donors (Lipinski definition) is 1. The highest BCUT2D eigenvalue weighted by Gasteiger charge is 2.29. The van der Waals surface area contributed by atoms with Gasteiger partial charge in [-0.2, -0.15) is 5.10 Å². The van der Waals surface area contributed by atoms with E-state index >= 15 is 0 Å². The van der Waals surface area contributed by atoms with Gasteiger partial charge in [-0.1, -0.05) is 24.6 Å². The van der Waals surface area contributed by atoms with E-state index < -0.39 is 0 Å². The molecule has 2 rings (SSSR count). The average molecular weight is 308 g/mol. The van der Waals surface area contributed by atoms with E-state index in [9.17, 15) is 4.79 Å². The Hall–Kier alpha value is -1.81. The molecule has 1 aromatic rings. The summed E-state index contributed by atoms with van der Waals surface area (Å²) in [5.74, 6) is 0. The van der Waals surface area contributed by atoms with Crippen LogP contribution < -0.4 is 5.32 Å². The molecule has 1 atom stereocenters. The first-order valence-corrected chi connectivity index (χ1v) is 7.33. The Morgan fingerprint density at radius 2 is 2.19 bits per heavy atom. The molecule has 0 bridgehead atoms. The topological polar surface area (TPSA) is 44.7 Å². The van der Waals surface area contributed by atoms with Crippen LogP contribution in [-0.2, 0) is 0 Å².